The summed E-state index contributed by atoms with van der Waals surface area (Å²) in [6.07, 6.45) is 1.70. The predicted octanol–water partition coefficient (Wildman–Crippen LogP) is 4.19. The van der Waals surface area contributed by atoms with Gasteiger partial charge in [-0.3, -0.25) is 4.79 Å². The minimum atomic E-state index is -0.129. The van der Waals surface area contributed by atoms with Gasteiger partial charge in [-0.15, -0.1) is 0 Å². The first-order valence-electron chi connectivity index (χ1n) is 7.33. The van der Waals surface area contributed by atoms with E-state index in [0.29, 0.717) is 16.9 Å². The number of pyridine rings is 2. The van der Waals surface area contributed by atoms with Crippen LogP contribution in [0.25, 0.3) is 11.0 Å². The van der Waals surface area contributed by atoms with Crippen LogP contribution in [0.4, 0.5) is 0 Å². The Labute approximate surface area is 143 Å². The zero-order valence-electron chi connectivity index (χ0n) is 12.9. The fourth-order valence-corrected chi connectivity index (χ4v) is 2.70. The summed E-state index contributed by atoms with van der Waals surface area (Å²) in [5, 5.41) is 3.88. The summed E-state index contributed by atoms with van der Waals surface area (Å²) in [4.78, 5) is 21.2. The second kappa shape index (κ2) is 6.46. The smallest absolute Gasteiger partial charge is 0.253 e. The summed E-state index contributed by atoms with van der Waals surface area (Å²) in [6, 6.07) is 13.4. The molecule has 0 saturated carbocycles. The Morgan fingerprint density at radius 3 is 2.70 bits per heavy atom. The maximum atomic E-state index is 12.6. The minimum Gasteiger partial charge on any atom is -0.345 e. The second-order valence-electron chi connectivity index (χ2n) is 5.42. The number of carbonyl (C=O) groups excluding carboxylic acids is 1. The quantitative estimate of drug-likeness (QED) is 0.752. The molecule has 1 unspecified atom stereocenters. The fraction of sp³-hybridized carbons (Fsp3) is 0.167. The molecule has 1 atom stereocenters. The summed E-state index contributed by atoms with van der Waals surface area (Å²) in [5.74, 6) is -0.129. The molecule has 3 rings (SSSR count). The lowest BCUT2D eigenvalue weighted by atomic mass is 10.1. The van der Waals surface area contributed by atoms with Crippen LogP contribution in [0.2, 0.25) is 0 Å². The molecule has 2 heterocycles. The number of fused-ring (bicyclic) bond motifs is 1. The molecule has 1 N–H and O–H groups in total. The van der Waals surface area contributed by atoms with E-state index in [2.05, 4.69) is 31.2 Å². The first-order valence-corrected chi connectivity index (χ1v) is 8.12. The summed E-state index contributed by atoms with van der Waals surface area (Å²) in [5.41, 5.74) is 2.96. The third-order valence-electron chi connectivity index (χ3n) is 3.74. The Balaban J connectivity index is 1.85. The van der Waals surface area contributed by atoms with Gasteiger partial charge in [0.05, 0.1) is 17.3 Å². The van der Waals surface area contributed by atoms with Crippen LogP contribution in [0.5, 0.6) is 0 Å². The highest BCUT2D eigenvalue weighted by molar-refractivity contribution is 9.10. The van der Waals surface area contributed by atoms with Gasteiger partial charge < -0.3 is 5.32 Å². The first kappa shape index (κ1) is 15.6. The van der Waals surface area contributed by atoms with Crippen LogP contribution in [-0.2, 0) is 0 Å². The molecule has 0 radical (unpaired) electrons. The third-order valence-corrected chi connectivity index (χ3v) is 4.27. The second-order valence-corrected chi connectivity index (χ2v) is 6.33. The Hall–Kier alpha value is -2.27. The van der Waals surface area contributed by atoms with Crippen molar-refractivity contribution in [1.29, 1.82) is 0 Å². The highest BCUT2D eigenvalue weighted by atomic mass is 79.9. The van der Waals surface area contributed by atoms with Crippen molar-refractivity contribution in [3.8, 4) is 0 Å². The van der Waals surface area contributed by atoms with E-state index in [-0.39, 0.29) is 11.9 Å². The number of aryl methyl sites for hydroxylation is 1. The van der Waals surface area contributed by atoms with Crippen molar-refractivity contribution in [2.45, 2.75) is 19.9 Å². The molecule has 23 heavy (non-hydrogen) atoms. The lowest BCUT2D eigenvalue weighted by Crippen LogP contribution is -2.27. The number of nitrogens with zero attached hydrogens (tertiary/aromatic N) is 2. The van der Waals surface area contributed by atoms with Gasteiger partial charge in [-0.1, -0.05) is 28.1 Å². The first-order chi connectivity index (χ1) is 11.0. The SMILES string of the molecule is Cc1nc2ncccc2cc1C(=O)NC(C)c1ccc(Br)cc1. The molecule has 0 saturated heterocycles. The molecule has 0 aliphatic heterocycles. The molecular formula is C18H16BrN3O. The van der Waals surface area contributed by atoms with E-state index in [1.165, 1.54) is 0 Å². The van der Waals surface area contributed by atoms with Crippen molar-refractivity contribution in [3.05, 3.63) is 70.0 Å². The Kier molecular flexibility index (Phi) is 4.39. The largest absolute Gasteiger partial charge is 0.345 e. The number of hydrogen-bond acceptors (Lipinski definition) is 3. The zero-order valence-corrected chi connectivity index (χ0v) is 14.5. The van der Waals surface area contributed by atoms with Gasteiger partial charge in [0, 0.05) is 16.1 Å². The van der Waals surface area contributed by atoms with Crippen LogP contribution >= 0.6 is 15.9 Å². The molecule has 0 bridgehead atoms. The van der Waals surface area contributed by atoms with Crippen molar-refractivity contribution >= 4 is 32.9 Å². The molecule has 4 nitrogen and oxygen atoms in total. The van der Waals surface area contributed by atoms with Crippen LogP contribution < -0.4 is 5.32 Å². The zero-order chi connectivity index (χ0) is 16.4. The molecule has 0 aliphatic rings. The molecule has 2 aromatic heterocycles. The van der Waals surface area contributed by atoms with Crippen molar-refractivity contribution in [2.24, 2.45) is 0 Å². The molecule has 3 aromatic rings. The van der Waals surface area contributed by atoms with Crippen LogP contribution in [-0.4, -0.2) is 15.9 Å². The van der Waals surface area contributed by atoms with E-state index in [9.17, 15) is 4.79 Å². The van der Waals surface area contributed by atoms with E-state index in [1.807, 2.05) is 56.3 Å². The van der Waals surface area contributed by atoms with Gasteiger partial charge in [-0.2, -0.15) is 0 Å². The Morgan fingerprint density at radius 2 is 1.96 bits per heavy atom. The summed E-state index contributed by atoms with van der Waals surface area (Å²) in [7, 11) is 0. The third kappa shape index (κ3) is 3.40. The predicted molar refractivity (Wildman–Crippen MR) is 94.3 cm³/mol. The van der Waals surface area contributed by atoms with E-state index >= 15 is 0 Å². The van der Waals surface area contributed by atoms with Crippen LogP contribution in [0.15, 0.2) is 53.1 Å². The number of rotatable bonds is 3. The number of aromatic nitrogens is 2. The van der Waals surface area contributed by atoms with Crippen molar-refractivity contribution in [1.82, 2.24) is 15.3 Å². The monoisotopic (exact) mass is 369 g/mol. The molecule has 1 amide bonds. The summed E-state index contributed by atoms with van der Waals surface area (Å²) >= 11 is 3.41. The molecule has 1 aromatic carbocycles. The van der Waals surface area contributed by atoms with Crippen LogP contribution in [0, 0.1) is 6.92 Å². The van der Waals surface area contributed by atoms with Gasteiger partial charge in [0.2, 0.25) is 0 Å². The van der Waals surface area contributed by atoms with Gasteiger partial charge in [-0.25, -0.2) is 9.97 Å². The topological polar surface area (TPSA) is 54.9 Å². The standard InChI is InChI=1S/C18H16BrN3O/c1-11(13-5-7-15(19)8-6-13)22-18(23)16-10-14-4-3-9-20-17(14)21-12(16)2/h3-11H,1-2H3,(H,22,23). The normalized spacial score (nSPS) is 12.1. The van der Waals surface area contributed by atoms with Crippen LogP contribution in [0.3, 0.4) is 0 Å². The van der Waals surface area contributed by atoms with Crippen molar-refractivity contribution in [2.75, 3.05) is 0 Å². The maximum absolute atomic E-state index is 12.6. The average molecular weight is 370 g/mol. The Bertz CT molecular complexity index is 862. The van der Waals surface area contributed by atoms with E-state index in [0.717, 1.165) is 15.4 Å². The molecule has 116 valence electrons. The van der Waals surface area contributed by atoms with Gasteiger partial charge in [0.15, 0.2) is 5.65 Å². The maximum Gasteiger partial charge on any atom is 0.253 e. The van der Waals surface area contributed by atoms with E-state index < -0.39 is 0 Å². The minimum absolute atomic E-state index is 0.0837. The van der Waals surface area contributed by atoms with E-state index in [4.69, 9.17) is 0 Å². The molecular weight excluding hydrogens is 354 g/mol. The molecule has 0 spiro atoms. The van der Waals surface area contributed by atoms with Gasteiger partial charge in [0.25, 0.3) is 5.91 Å². The van der Waals surface area contributed by atoms with Crippen molar-refractivity contribution < 1.29 is 4.79 Å². The number of nitrogens with one attached hydrogen (secondary N) is 1. The molecule has 0 fully saturated rings. The van der Waals surface area contributed by atoms with E-state index in [1.54, 1.807) is 6.20 Å². The fourth-order valence-electron chi connectivity index (χ4n) is 2.43. The Morgan fingerprint density at radius 1 is 1.22 bits per heavy atom. The lowest BCUT2D eigenvalue weighted by Gasteiger charge is -2.15. The molecule has 5 heteroatoms. The van der Waals surface area contributed by atoms with Gasteiger partial charge in [-0.05, 0) is 49.7 Å². The van der Waals surface area contributed by atoms with Crippen LogP contribution in [0.1, 0.15) is 34.6 Å². The number of halogens is 1. The number of carbonyl (C=O) groups is 1. The highest BCUT2D eigenvalue weighted by Gasteiger charge is 2.15. The lowest BCUT2D eigenvalue weighted by molar-refractivity contribution is 0.0939. The molecule has 0 aliphatic carbocycles. The summed E-state index contributed by atoms with van der Waals surface area (Å²) < 4.78 is 1.02. The summed E-state index contributed by atoms with van der Waals surface area (Å²) in [6.45, 7) is 3.79. The van der Waals surface area contributed by atoms with Gasteiger partial charge in [0.1, 0.15) is 0 Å². The number of benzene rings is 1. The average Bonchev–Trinajstić information content (AvgIpc) is 2.54. The number of hydrogen-bond donors (Lipinski definition) is 1. The van der Waals surface area contributed by atoms with Gasteiger partial charge >= 0.3 is 0 Å². The van der Waals surface area contributed by atoms with Crippen molar-refractivity contribution in [3.63, 3.8) is 0 Å². The highest BCUT2D eigenvalue weighted by Crippen LogP contribution is 2.19. The number of amides is 1.